The predicted octanol–water partition coefficient (Wildman–Crippen LogP) is 3.62. The fraction of sp³-hybridized carbons (Fsp3) is 0.789. The molecule has 0 aromatic carbocycles. The van der Waals surface area contributed by atoms with Gasteiger partial charge in [-0.2, -0.15) is 0 Å². The van der Waals surface area contributed by atoms with Crippen LogP contribution in [-0.4, -0.2) is 66.8 Å². The van der Waals surface area contributed by atoms with Crippen molar-refractivity contribution < 1.29 is 9.53 Å². The fourth-order valence-electron chi connectivity index (χ4n) is 3.63. The van der Waals surface area contributed by atoms with E-state index in [1.807, 2.05) is 11.1 Å². The van der Waals surface area contributed by atoms with Crippen molar-refractivity contribution in [2.75, 3.05) is 51.3 Å². The van der Waals surface area contributed by atoms with Crippen LogP contribution in [0.5, 0.6) is 0 Å². The van der Waals surface area contributed by atoms with E-state index in [2.05, 4.69) is 29.0 Å². The van der Waals surface area contributed by atoms with Crippen LogP contribution in [0.3, 0.4) is 0 Å². The van der Waals surface area contributed by atoms with Gasteiger partial charge >= 0.3 is 6.03 Å². The van der Waals surface area contributed by atoms with E-state index in [0.29, 0.717) is 11.0 Å². The zero-order valence-electron chi connectivity index (χ0n) is 16.1. The van der Waals surface area contributed by atoms with Crippen molar-refractivity contribution in [2.24, 2.45) is 5.92 Å². The van der Waals surface area contributed by atoms with Crippen LogP contribution >= 0.6 is 11.3 Å². The van der Waals surface area contributed by atoms with Crippen molar-refractivity contribution in [2.45, 2.75) is 45.4 Å². The molecule has 0 unspecified atom stereocenters. The second kappa shape index (κ2) is 9.67. The zero-order chi connectivity index (χ0) is 18.4. The lowest BCUT2D eigenvalue weighted by Gasteiger charge is -2.32. The minimum Gasteiger partial charge on any atom is -0.379 e. The first kappa shape index (κ1) is 19.6. The van der Waals surface area contributed by atoms with E-state index in [1.165, 1.54) is 24.3 Å². The molecule has 0 spiro atoms. The summed E-state index contributed by atoms with van der Waals surface area (Å²) < 4.78 is 5.40. The number of thiazole rings is 1. The lowest BCUT2D eigenvalue weighted by molar-refractivity contribution is 0.0363. The molecule has 0 aliphatic carbocycles. The minimum absolute atomic E-state index is 0.00132. The first-order chi connectivity index (χ1) is 12.6. The number of hydrogen-bond donors (Lipinski definition) is 1. The molecule has 2 saturated heterocycles. The Balaban J connectivity index is 1.34. The fourth-order valence-corrected chi connectivity index (χ4v) is 4.44. The summed E-state index contributed by atoms with van der Waals surface area (Å²) in [6.45, 7) is 11.1. The molecule has 2 aliphatic heterocycles. The maximum absolute atomic E-state index is 12.4. The van der Waals surface area contributed by atoms with Crippen LogP contribution in [0.25, 0.3) is 0 Å². The molecule has 0 saturated carbocycles. The van der Waals surface area contributed by atoms with Gasteiger partial charge in [0.2, 0.25) is 0 Å². The van der Waals surface area contributed by atoms with E-state index >= 15 is 0 Å². The van der Waals surface area contributed by atoms with Crippen LogP contribution in [0.1, 0.15) is 50.3 Å². The number of piperidine rings is 1. The molecule has 1 N–H and O–H groups in total. The smallest absolute Gasteiger partial charge is 0.323 e. The van der Waals surface area contributed by atoms with E-state index in [1.54, 1.807) is 11.3 Å². The van der Waals surface area contributed by atoms with Gasteiger partial charge in [-0.05, 0) is 44.1 Å². The molecule has 3 rings (SSSR count). The van der Waals surface area contributed by atoms with Crippen LogP contribution in [-0.2, 0) is 4.74 Å². The van der Waals surface area contributed by atoms with E-state index in [4.69, 9.17) is 4.74 Å². The average molecular weight is 381 g/mol. The molecule has 3 heterocycles. The second-order valence-electron chi connectivity index (χ2n) is 7.68. The number of carbonyl (C=O) groups excluding carboxylic acids is 1. The maximum atomic E-state index is 12.4. The third-order valence-electron chi connectivity index (χ3n) is 5.40. The Labute approximate surface area is 160 Å². The quantitative estimate of drug-likeness (QED) is 0.819. The number of ether oxygens (including phenoxy) is 1. The van der Waals surface area contributed by atoms with Crippen molar-refractivity contribution >= 4 is 22.5 Å². The molecule has 2 fully saturated rings. The number of nitrogens with zero attached hydrogens (tertiary/aromatic N) is 3. The first-order valence-corrected chi connectivity index (χ1v) is 10.7. The largest absolute Gasteiger partial charge is 0.379 e. The van der Waals surface area contributed by atoms with Gasteiger partial charge in [-0.3, -0.25) is 10.2 Å². The van der Waals surface area contributed by atoms with Gasteiger partial charge in [-0.1, -0.05) is 13.8 Å². The summed E-state index contributed by atoms with van der Waals surface area (Å²) in [4.78, 5) is 22.4. The van der Waals surface area contributed by atoms with Gasteiger partial charge in [-0.15, -0.1) is 11.3 Å². The van der Waals surface area contributed by atoms with E-state index < -0.39 is 0 Å². The Bertz CT molecular complexity index is 564. The molecule has 0 radical (unpaired) electrons. The summed E-state index contributed by atoms with van der Waals surface area (Å²) in [5, 5.41) is 3.68. The van der Waals surface area contributed by atoms with Crippen LogP contribution < -0.4 is 5.32 Å². The number of rotatable bonds is 6. The number of nitrogens with one attached hydrogen (secondary N) is 1. The van der Waals surface area contributed by atoms with Crippen LogP contribution in [0.4, 0.5) is 9.93 Å². The molecule has 146 valence electrons. The number of aromatic nitrogens is 1. The van der Waals surface area contributed by atoms with Gasteiger partial charge in [0.25, 0.3) is 0 Å². The number of hydrogen-bond acceptors (Lipinski definition) is 5. The summed E-state index contributed by atoms with van der Waals surface area (Å²) in [6.07, 6.45) is 6.63. The minimum atomic E-state index is 0.00132. The van der Waals surface area contributed by atoms with Gasteiger partial charge in [0.15, 0.2) is 5.13 Å². The van der Waals surface area contributed by atoms with Gasteiger partial charge < -0.3 is 9.64 Å². The highest BCUT2D eigenvalue weighted by atomic mass is 32.1. The van der Waals surface area contributed by atoms with Crippen LogP contribution in [0.2, 0.25) is 0 Å². The Morgan fingerprint density at radius 1 is 1.31 bits per heavy atom. The first-order valence-electron chi connectivity index (χ1n) is 9.93. The maximum Gasteiger partial charge on any atom is 0.323 e. The Morgan fingerprint density at radius 2 is 2.04 bits per heavy atom. The highest BCUT2D eigenvalue weighted by molar-refractivity contribution is 7.15. The van der Waals surface area contributed by atoms with Gasteiger partial charge in [0.1, 0.15) is 0 Å². The van der Waals surface area contributed by atoms with E-state index in [0.717, 1.165) is 58.2 Å². The molecule has 1 aromatic heterocycles. The normalized spacial score (nSPS) is 19.9. The third kappa shape index (κ3) is 5.66. The molecule has 1 aromatic rings. The Hall–Kier alpha value is -1.18. The summed E-state index contributed by atoms with van der Waals surface area (Å²) in [5.74, 6) is 1.21. The molecular formula is C19H32N4O2S. The molecule has 2 aliphatic rings. The Morgan fingerprint density at radius 3 is 2.69 bits per heavy atom. The molecule has 0 atom stereocenters. The second-order valence-corrected chi connectivity index (χ2v) is 8.74. The highest BCUT2D eigenvalue weighted by Gasteiger charge is 2.23. The predicted molar refractivity (Wildman–Crippen MR) is 106 cm³/mol. The zero-order valence-corrected chi connectivity index (χ0v) is 16.9. The molecular weight excluding hydrogens is 348 g/mol. The summed E-state index contributed by atoms with van der Waals surface area (Å²) >= 11 is 1.58. The van der Waals surface area contributed by atoms with E-state index in [9.17, 15) is 4.79 Å². The number of likely N-dealkylation sites (tertiary alicyclic amines) is 1. The molecule has 26 heavy (non-hydrogen) atoms. The highest BCUT2D eigenvalue weighted by Crippen LogP contribution is 2.26. The van der Waals surface area contributed by atoms with Crippen LogP contribution in [0.15, 0.2) is 6.20 Å². The molecule has 6 nitrogen and oxygen atoms in total. The van der Waals surface area contributed by atoms with Gasteiger partial charge in [0.05, 0.1) is 13.2 Å². The average Bonchev–Trinajstić information content (AvgIpc) is 3.12. The SMILES string of the molecule is CC(C)c1cnc(NC(=O)N2CCC(CCCN3CCOCC3)CC2)s1. The molecule has 7 heteroatoms. The lowest BCUT2D eigenvalue weighted by atomic mass is 9.92. The number of amides is 2. The summed E-state index contributed by atoms with van der Waals surface area (Å²) in [7, 11) is 0. The van der Waals surface area contributed by atoms with Gasteiger partial charge in [0, 0.05) is 37.3 Å². The Kier molecular flexibility index (Phi) is 7.28. The number of morpholine rings is 1. The van der Waals surface area contributed by atoms with Crippen LogP contribution in [0, 0.1) is 5.92 Å². The van der Waals surface area contributed by atoms with E-state index in [-0.39, 0.29) is 6.03 Å². The molecule has 2 amide bonds. The summed E-state index contributed by atoms with van der Waals surface area (Å²) in [5.41, 5.74) is 0. The number of urea groups is 1. The monoisotopic (exact) mass is 380 g/mol. The summed E-state index contributed by atoms with van der Waals surface area (Å²) in [6, 6.07) is 0.00132. The van der Waals surface area contributed by atoms with Crippen molar-refractivity contribution in [3.05, 3.63) is 11.1 Å². The van der Waals surface area contributed by atoms with Crippen molar-refractivity contribution in [3.8, 4) is 0 Å². The standard InChI is InChI=1S/C19H32N4O2S/c1-15(2)17-14-20-18(26-17)21-19(24)23-8-5-16(6-9-23)4-3-7-22-10-12-25-13-11-22/h14-16H,3-13H2,1-2H3,(H,20,21,24). The van der Waals surface area contributed by atoms with Crippen molar-refractivity contribution in [1.82, 2.24) is 14.8 Å². The van der Waals surface area contributed by atoms with Gasteiger partial charge in [-0.25, -0.2) is 9.78 Å². The molecule has 0 bridgehead atoms. The van der Waals surface area contributed by atoms with Crippen molar-refractivity contribution in [1.29, 1.82) is 0 Å². The topological polar surface area (TPSA) is 57.7 Å². The number of anilines is 1. The number of carbonyl (C=O) groups is 1. The van der Waals surface area contributed by atoms with Crippen molar-refractivity contribution in [3.63, 3.8) is 0 Å². The third-order valence-corrected chi connectivity index (χ3v) is 6.61. The lowest BCUT2D eigenvalue weighted by Crippen LogP contribution is -2.41.